The van der Waals surface area contributed by atoms with Crippen LogP contribution in [0.2, 0.25) is 0 Å². The molecule has 2 N–H and O–H groups in total. The zero-order valence-electron chi connectivity index (χ0n) is 11.8. The molecule has 0 aromatic heterocycles. The topological polar surface area (TPSA) is 75.6 Å². The van der Waals surface area contributed by atoms with E-state index in [9.17, 15) is 9.59 Å². The van der Waals surface area contributed by atoms with E-state index < -0.39 is 11.4 Å². The fraction of sp³-hybridized carbons (Fsp3) is 0.429. The van der Waals surface area contributed by atoms with E-state index in [0.717, 1.165) is 10.6 Å². The third kappa shape index (κ3) is 5.13. The number of benzene rings is 1. The zero-order chi connectivity index (χ0) is 15.2. The minimum Gasteiger partial charge on any atom is -0.497 e. The summed E-state index contributed by atoms with van der Waals surface area (Å²) in [4.78, 5) is 23.5. The Morgan fingerprint density at radius 2 is 2.10 bits per heavy atom. The molecule has 1 aromatic carbocycles. The highest BCUT2D eigenvalue weighted by atomic mass is 32.2. The van der Waals surface area contributed by atoms with Gasteiger partial charge in [0.15, 0.2) is 0 Å². The molecule has 0 saturated carbocycles. The van der Waals surface area contributed by atoms with Gasteiger partial charge in [-0.05, 0) is 32.0 Å². The van der Waals surface area contributed by atoms with Gasteiger partial charge in [0.25, 0.3) is 0 Å². The standard InChI is InChI=1S/C14H19NO4S/c1-14(2,13(17)18)9-15-12(16)8-20-11-6-4-5-10(7-11)19-3/h4-7H,8-9H2,1-3H3,(H,15,16)(H,17,18). The van der Waals surface area contributed by atoms with Crippen molar-refractivity contribution >= 4 is 23.6 Å². The van der Waals surface area contributed by atoms with Crippen LogP contribution in [-0.2, 0) is 9.59 Å². The number of carbonyl (C=O) groups excluding carboxylic acids is 1. The Labute approximate surface area is 122 Å². The lowest BCUT2D eigenvalue weighted by molar-refractivity contribution is -0.146. The maximum atomic E-state index is 11.7. The maximum Gasteiger partial charge on any atom is 0.310 e. The van der Waals surface area contributed by atoms with Gasteiger partial charge in [0.1, 0.15) is 5.75 Å². The maximum absolute atomic E-state index is 11.7. The summed E-state index contributed by atoms with van der Waals surface area (Å²) in [5.41, 5.74) is -0.962. The molecule has 0 fully saturated rings. The lowest BCUT2D eigenvalue weighted by Gasteiger charge is -2.19. The summed E-state index contributed by atoms with van der Waals surface area (Å²) in [7, 11) is 1.59. The molecule has 0 aliphatic carbocycles. The Morgan fingerprint density at radius 3 is 2.70 bits per heavy atom. The minimum absolute atomic E-state index is 0.111. The van der Waals surface area contributed by atoms with Crippen LogP contribution in [0.15, 0.2) is 29.2 Å². The average molecular weight is 297 g/mol. The van der Waals surface area contributed by atoms with Gasteiger partial charge in [-0.2, -0.15) is 0 Å². The van der Waals surface area contributed by atoms with Gasteiger partial charge >= 0.3 is 5.97 Å². The molecule has 0 heterocycles. The molecule has 0 bridgehead atoms. The Morgan fingerprint density at radius 1 is 1.40 bits per heavy atom. The van der Waals surface area contributed by atoms with Gasteiger partial charge in [-0.15, -0.1) is 11.8 Å². The van der Waals surface area contributed by atoms with E-state index in [-0.39, 0.29) is 18.2 Å². The number of hydrogen-bond acceptors (Lipinski definition) is 4. The molecule has 0 aliphatic heterocycles. The summed E-state index contributed by atoms with van der Waals surface area (Å²) < 4.78 is 5.10. The van der Waals surface area contributed by atoms with Crippen LogP contribution in [0, 0.1) is 5.41 Å². The zero-order valence-corrected chi connectivity index (χ0v) is 12.6. The van der Waals surface area contributed by atoms with Crippen LogP contribution in [0.3, 0.4) is 0 Å². The van der Waals surface area contributed by atoms with Crippen molar-refractivity contribution in [1.29, 1.82) is 0 Å². The predicted octanol–water partition coefficient (Wildman–Crippen LogP) is 2.01. The number of aliphatic carboxylic acids is 1. The van der Waals surface area contributed by atoms with Gasteiger partial charge < -0.3 is 15.2 Å². The van der Waals surface area contributed by atoms with Crippen LogP contribution in [0.5, 0.6) is 5.75 Å². The van der Waals surface area contributed by atoms with Crippen LogP contribution in [-0.4, -0.2) is 36.4 Å². The first kappa shape index (κ1) is 16.4. The molecule has 1 rings (SSSR count). The molecule has 0 radical (unpaired) electrons. The van der Waals surface area contributed by atoms with E-state index in [0.29, 0.717) is 0 Å². The predicted molar refractivity (Wildman–Crippen MR) is 78.1 cm³/mol. The summed E-state index contributed by atoms with van der Waals surface area (Å²) in [6, 6.07) is 7.42. The lowest BCUT2D eigenvalue weighted by Crippen LogP contribution is -2.39. The van der Waals surface area contributed by atoms with E-state index in [2.05, 4.69) is 5.32 Å². The van der Waals surface area contributed by atoms with Crippen molar-refractivity contribution in [2.45, 2.75) is 18.7 Å². The fourth-order valence-electron chi connectivity index (χ4n) is 1.29. The second kappa shape index (κ2) is 7.19. The van der Waals surface area contributed by atoms with Crippen molar-refractivity contribution < 1.29 is 19.4 Å². The summed E-state index contributed by atoms with van der Waals surface area (Å²) in [6.45, 7) is 3.26. The highest BCUT2D eigenvalue weighted by Crippen LogP contribution is 2.22. The quantitative estimate of drug-likeness (QED) is 0.753. The minimum atomic E-state index is -0.962. The Balaban J connectivity index is 2.42. The van der Waals surface area contributed by atoms with Gasteiger partial charge in [0.2, 0.25) is 5.91 Å². The largest absolute Gasteiger partial charge is 0.497 e. The van der Waals surface area contributed by atoms with Crippen LogP contribution < -0.4 is 10.1 Å². The van der Waals surface area contributed by atoms with Crippen molar-refractivity contribution in [2.75, 3.05) is 19.4 Å². The molecule has 5 nitrogen and oxygen atoms in total. The van der Waals surface area contributed by atoms with E-state index in [1.807, 2.05) is 24.3 Å². The lowest BCUT2D eigenvalue weighted by atomic mass is 9.94. The number of thioether (sulfide) groups is 1. The van der Waals surface area contributed by atoms with Crippen molar-refractivity contribution in [2.24, 2.45) is 5.41 Å². The number of ether oxygens (including phenoxy) is 1. The van der Waals surface area contributed by atoms with Gasteiger partial charge in [-0.3, -0.25) is 9.59 Å². The highest BCUT2D eigenvalue weighted by molar-refractivity contribution is 8.00. The molecule has 20 heavy (non-hydrogen) atoms. The summed E-state index contributed by atoms with van der Waals surface area (Å²) in [6.07, 6.45) is 0. The molecule has 0 unspecified atom stereocenters. The second-order valence-electron chi connectivity index (χ2n) is 4.93. The molecule has 110 valence electrons. The van der Waals surface area contributed by atoms with Crippen LogP contribution in [0.25, 0.3) is 0 Å². The molecule has 0 spiro atoms. The van der Waals surface area contributed by atoms with Gasteiger partial charge in [-0.25, -0.2) is 0 Å². The number of amides is 1. The number of carboxylic acids is 1. The second-order valence-corrected chi connectivity index (χ2v) is 5.98. The number of carbonyl (C=O) groups is 2. The molecule has 1 aromatic rings. The molecule has 0 atom stereocenters. The Hall–Kier alpha value is -1.69. The summed E-state index contributed by atoms with van der Waals surface area (Å²) >= 11 is 1.38. The monoisotopic (exact) mass is 297 g/mol. The molecule has 1 amide bonds. The summed E-state index contributed by atoms with van der Waals surface area (Å²) in [5, 5.41) is 11.6. The average Bonchev–Trinajstić information content (AvgIpc) is 2.43. The van der Waals surface area contributed by atoms with Gasteiger partial charge in [-0.1, -0.05) is 6.07 Å². The van der Waals surface area contributed by atoms with Crippen LogP contribution in [0.1, 0.15) is 13.8 Å². The van der Waals surface area contributed by atoms with Crippen LogP contribution in [0.4, 0.5) is 0 Å². The third-order valence-corrected chi connectivity index (χ3v) is 3.71. The van der Waals surface area contributed by atoms with E-state index in [1.54, 1.807) is 21.0 Å². The highest BCUT2D eigenvalue weighted by Gasteiger charge is 2.27. The Bertz CT molecular complexity index is 488. The fourth-order valence-corrected chi connectivity index (χ4v) is 2.06. The molecule has 0 aliphatic rings. The van der Waals surface area contributed by atoms with Crippen molar-refractivity contribution in [3.63, 3.8) is 0 Å². The van der Waals surface area contributed by atoms with Gasteiger partial charge in [0.05, 0.1) is 18.3 Å². The van der Waals surface area contributed by atoms with Crippen molar-refractivity contribution in [1.82, 2.24) is 5.32 Å². The summed E-state index contributed by atoms with van der Waals surface area (Å²) in [5.74, 6) is -0.143. The van der Waals surface area contributed by atoms with E-state index >= 15 is 0 Å². The Kier molecular flexibility index (Phi) is 5.88. The van der Waals surface area contributed by atoms with Crippen molar-refractivity contribution in [3.8, 4) is 5.75 Å². The normalized spacial score (nSPS) is 10.9. The van der Waals surface area contributed by atoms with E-state index in [4.69, 9.17) is 9.84 Å². The first-order valence-electron chi connectivity index (χ1n) is 6.12. The van der Waals surface area contributed by atoms with Gasteiger partial charge in [0, 0.05) is 11.4 Å². The molecular formula is C14H19NO4S. The number of carboxylic acid groups (broad SMARTS) is 1. The number of nitrogens with one attached hydrogen (secondary N) is 1. The number of methoxy groups -OCH3 is 1. The molecular weight excluding hydrogens is 278 g/mol. The first-order chi connectivity index (χ1) is 9.35. The molecule has 6 heteroatoms. The van der Waals surface area contributed by atoms with Crippen molar-refractivity contribution in [3.05, 3.63) is 24.3 Å². The number of hydrogen-bond donors (Lipinski definition) is 2. The van der Waals surface area contributed by atoms with E-state index in [1.165, 1.54) is 11.8 Å². The smallest absolute Gasteiger partial charge is 0.310 e. The number of rotatable bonds is 7. The SMILES string of the molecule is COc1cccc(SCC(=O)NCC(C)(C)C(=O)O)c1. The third-order valence-electron chi connectivity index (χ3n) is 2.72. The molecule has 0 saturated heterocycles. The van der Waals surface area contributed by atoms with Crippen LogP contribution >= 0.6 is 11.8 Å². The first-order valence-corrected chi connectivity index (χ1v) is 7.10.